The van der Waals surface area contributed by atoms with Crippen LogP contribution in [0, 0.1) is 5.92 Å². The molecule has 0 aliphatic carbocycles. The second-order valence-electron chi connectivity index (χ2n) is 6.45. The summed E-state index contributed by atoms with van der Waals surface area (Å²) in [4.78, 5) is 26.8. The van der Waals surface area contributed by atoms with Crippen LogP contribution < -0.4 is 5.32 Å². The van der Waals surface area contributed by atoms with E-state index in [-0.39, 0.29) is 12.6 Å². The summed E-state index contributed by atoms with van der Waals surface area (Å²) in [7, 11) is 1.91. The lowest BCUT2D eigenvalue weighted by atomic mass is 9.98. The third kappa shape index (κ3) is 4.67. The van der Waals surface area contributed by atoms with Gasteiger partial charge in [-0.05, 0) is 53.1 Å². The quantitative estimate of drug-likeness (QED) is 0.814. The second kappa shape index (κ2) is 6.92. The second-order valence-corrected chi connectivity index (χ2v) is 6.45. The summed E-state index contributed by atoms with van der Waals surface area (Å²) in [6.45, 7) is 7.64. The standard InChI is InChI=1S/C14H27N3O3/c1-14(2,3)17(10-12(18)19)13(20)16-7-5-6-11(9-16)8-15-4/h11,15H,5-10H2,1-4H3,(H,18,19). The van der Waals surface area contributed by atoms with Gasteiger partial charge in [-0.2, -0.15) is 0 Å². The van der Waals surface area contributed by atoms with E-state index >= 15 is 0 Å². The fourth-order valence-electron chi connectivity index (χ4n) is 2.59. The fraction of sp³-hybridized carbons (Fsp3) is 0.857. The lowest BCUT2D eigenvalue weighted by Crippen LogP contribution is -2.56. The number of carbonyl (C=O) groups is 2. The van der Waals surface area contributed by atoms with Crippen molar-refractivity contribution in [2.45, 2.75) is 39.2 Å². The highest BCUT2D eigenvalue weighted by atomic mass is 16.4. The first-order valence-electron chi connectivity index (χ1n) is 7.18. The van der Waals surface area contributed by atoms with Crippen LogP contribution in [0.15, 0.2) is 0 Å². The number of carbonyl (C=O) groups excluding carboxylic acids is 1. The highest BCUT2D eigenvalue weighted by molar-refractivity contribution is 5.81. The molecular formula is C14H27N3O3. The Morgan fingerprint density at radius 2 is 2.05 bits per heavy atom. The first-order chi connectivity index (χ1) is 9.25. The molecule has 20 heavy (non-hydrogen) atoms. The summed E-state index contributed by atoms with van der Waals surface area (Å²) < 4.78 is 0. The molecule has 1 saturated heterocycles. The predicted molar refractivity (Wildman–Crippen MR) is 77.7 cm³/mol. The maximum absolute atomic E-state index is 12.6. The Morgan fingerprint density at radius 1 is 1.40 bits per heavy atom. The number of amides is 2. The molecule has 1 rings (SSSR count). The van der Waals surface area contributed by atoms with Crippen LogP contribution in [0.1, 0.15) is 33.6 Å². The summed E-state index contributed by atoms with van der Waals surface area (Å²) in [6.07, 6.45) is 2.09. The van der Waals surface area contributed by atoms with Crippen molar-refractivity contribution in [3.8, 4) is 0 Å². The average Bonchev–Trinajstić information content (AvgIpc) is 2.34. The molecule has 2 N–H and O–H groups in total. The largest absolute Gasteiger partial charge is 0.480 e. The number of nitrogens with one attached hydrogen (secondary N) is 1. The van der Waals surface area contributed by atoms with Crippen molar-refractivity contribution in [2.24, 2.45) is 5.92 Å². The summed E-state index contributed by atoms with van der Waals surface area (Å²) in [5.41, 5.74) is -0.495. The van der Waals surface area contributed by atoms with Crippen LogP contribution in [-0.2, 0) is 4.79 Å². The van der Waals surface area contributed by atoms with Crippen LogP contribution >= 0.6 is 0 Å². The smallest absolute Gasteiger partial charge is 0.323 e. The van der Waals surface area contributed by atoms with Gasteiger partial charge in [0, 0.05) is 18.6 Å². The van der Waals surface area contributed by atoms with Gasteiger partial charge in [-0.25, -0.2) is 4.79 Å². The molecule has 1 fully saturated rings. The van der Waals surface area contributed by atoms with Crippen molar-refractivity contribution in [3.63, 3.8) is 0 Å². The van der Waals surface area contributed by atoms with Crippen molar-refractivity contribution in [2.75, 3.05) is 33.2 Å². The zero-order valence-electron chi connectivity index (χ0n) is 13.0. The molecular weight excluding hydrogens is 258 g/mol. The molecule has 0 bridgehead atoms. The molecule has 1 atom stereocenters. The van der Waals surface area contributed by atoms with Gasteiger partial charge in [0.15, 0.2) is 0 Å². The van der Waals surface area contributed by atoms with Gasteiger partial charge in [-0.3, -0.25) is 4.79 Å². The molecule has 0 spiro atoms. The fourth-order valence-corrected chi connectivity index (χ4v) is 2.59. The highest BCUT2D eigenvalue weighted by Gasteiger charge is 2.33. The minimum Gasteiger partial charge on any atom is -0.480 e. The normalized spacial score (nSPS) is 19.8. The van der Waals surface area contributed by atoms with Gasteiger partial charge in [0.25, 0.3) is 0 Å². The van der Waals surface area contributed by atoms with Crippen LogP contribution in [-0.4, -0.2) is 65.7 Å². The van der Waals surface area contributed by atoms with Crippen molar-refractivity contribution >= 4 is 12.0 Å². The maximum atomic E-state index is 12.6. The van der Waals surface area contributed by atoms with Gasteiger partial charge in [-0.15, -0.1) is 0 Å². The van der Waals surface area contributed by atoms with Crippen LogP contribution in [0.25, 0.3) is 0 Å². The van der Waals surface area contributed by atoms with Gasteiger partial charge < -0.3 is 20.2 Å². The molecule has 6 heteroatoms. The van der Waals surface area contributed by atoms with Gasteiger partial charge in [0.2, 0.25) is 0 Å². The Balaban J connectivity index is 2.75. The molecule has 0 aromatic heterocycles. The van der Waals surface area contributed by atoms with Gasteiger partial charge >= 0.3 is 12.0 Å². The Hall–Kier alpha value is -1.30. The Bertz CT molecular complexity index is 350. The Labute approximate surface area is 121 Å². The minimum absolute atomic E-state index is 0.166. The molecule has 1 aliphatic heterocycles. The van der Waals surface area contributed by atoms with Gasteiger partial charge in [0.05, 0.1) is 0 Å². The zero-order valence-corrected chi connectivity index (χ0v) is 13.0. The Morgan fingerprint density at radius 3 is 2.55 bits per heavy atom. The summed E-state index contributed by atoms with van der Waals surface area (Å²) >= 11 is 0. The minimum atomic E-state index is -0.975. The molecule has 2 amide bonds. The number of rotatable bonds is 4. The van der Waals surface area contributed by atoms with Crippen LogP contribution in [0.5, 0.6) is 0 Å². The van der Waals surface area contributed by atoms with Crippen molar-refractivity contribution < 1.29 is 14.7 Å². The summed E-state index contributed by atoms with van der Waals surface area (Å²) in [6, 6.07) is -0.166. The monoisotopic (exact) mass is 285 g/mol. The lowest BCUT2D eigenvalue weighted by molar-refractivity contribution is -0.138. The number of nitrogens with zero attached hydrogens (tertiary/aromatic N) is 2. The van der Waals surface area contributed by atoms with E-state index in [0.29, 0.717) is 19.0 Å². The van der Waals surface area contributed by atoms with E-state index in [9.17, 15) is 9.59 Å². The first kappa shape index (κ1) is 16.8. The van der Waals surface area contributed by atoms with E-state index in [1.54, 1.807) is 4.90 Å². The number of likely N-dealkylation sites (tertiary alicyclic amines) is 1. The molecule has 0 aromatic rings. The van der Waals surface area contributed by atoms with Crippen LogP contribution in [0.4, 0.5) is 4.79 Å². The van der Waals surface area contributed by atoms with E-state index in [2.05, 4.69) is 5.32 Å². The third-order valence-corrected chi connectivity index (χ3v) is 3.62. The molecule has 1 aliphatic rings. The van der Waals surface area contributed by atoms with Crippen molar-refractivity contribution in [1.82, 2.24) is 15.1 Å². The predicted octanol–water partition coefficient (Wildman–Crippen LogP) is 1.22. The molecule has 0 radical (unpaired) electrons. The maximum Gasteiger partial charge on any atom is 0.323 e. The number of carboxylic acid groups (broad SMARTS) is 1. The van der Waals surface area contributed by atoms with Crippen molar-refractivity contribution in [1.29, 1.82) is 0 Å². The van der Waals surface area contributed by atoms with Crippen LogP contribution in [0.2, 0.25) is 0 Å². The SMILES string of the molecule is CNCC1CCCN(C(=O)N(CC(=O)O)C(C)(C)C)C1. The lowest BCUT2D eigenvalue weighted by Gasteiger charge is -2.41. The van der Waals surface area contributed by atoms with E-state index in [1.165, 1.54) is 4.90 Å². The van der Waals surface area contributed by atoms with Crippen molar-refractivity contribution in [3.05, 3.63) is 0 Å². The van der Waals surface area contributed by atoms with Crippen LogP contribution in [0.3, 0.4) is 0 Å². The number of hydrogen-bond acceptors (Lipinski definition) is 3. The van der Waals surface area contributed by atoms with E-state index in [1.807, 2.05) is 27.8 Å². The number of urea groups is 1. The van der Waals surface area contributed by atoms with E-state index in [4.69, 9.17) is 5.11 Å². The molecule has 116 valence electrons. The topological polar surface area (TPSA) is 72.9 Å². The molecule has 0 saturated carbocycles. The van der Waals surface area contributed by atoms with E-state index < -0.39 is 11.5 Å². The first-order valence-corrected chi connectivity index (χ1v) is 7.18. The molecule has 1 heterocycles. The summed E-state index contributed by atoms with van der Waals surface area (Å²) in [5.74, 6) is -0.526. The Kier molecular flexibility index (Phi) is 5.80. The molecule has 6 nitrogen and oxygen atoms in total. The zero-order chi connectivity index (χ0) is 15.3. The number of carboxylic acids is 1. The third-order valence-electron chi connectivity index (χ3n) is 3.62. The average molecular weight is 285 g/mol. The number of hydrogen-bond donors (Lipinski definition) is 2. The summed E-state index contributed by atoms with van der Waals surface area (Å²) in [5, 5.41) is 12.2. The highest BCUT2D eigenvalue weighted by Crippen LogP contribution is 2.21. The van der Waals surface area contributed by atoms with E-state index in [0.717, 1.165) is 19.4 Å². The number of aliphatic carboxylic acids is 1. The number of piperidine rings is 1. The van der Waals surface area contributed by atoms with Gasteiger partial charge in [-0.1, -0.05) is 0 Å². The van der Waals surface area contributed by atoms with Gasteiger partial charge in [0.1, 0.15) is 6.54 Å². The molecule has 1 unspecified atom stereocenters. The molecule has 0 aromatic carbocycles.